The average Bonchev–Trinajstić information content (AvgIpc) is 3.28. The standard InChI is InChI=1S/C24H25N5O3S/c1-32-22-10-6-19(7-11-22)17-29-27-24(26-28-29)21-5-3-4-20(14-21)16-25-15-18-8-12-23(13-9-18)33(2,30)31/h3-14,25H,15-17H2,1-2H3. The Hall–Kier alpha value is -3.56. The van der Waals surface area contributed by atoms with E-state index in [1.54, 1.807) is 24.0 Å². The van der Waals surface area contributed by atoms with E-state index in [-0.39, 0.29) is 0 Å². The number of nitrogens with zero attached hydrogens (tertiary/aromatic N) is 4. The van der Waals surface area contributed by atoms with Crippen LogP contribution in [0.25, 0.3) is 11.4 Å². The van der Waals surface area contributed by atoms with Gasteiger partial charge in [0.15, 0.2) is 9.84 Å². The molecule has 0 amide bonds. The maximum Gasteiger partial charge on any atom is 0.204 e. The fraction of sp³-hybridized carbons (Fsp3) is 0.208. The van der Waals surface area contributed by atoms with E-state index in [1.807, 2.05) is 60.7 Å². The summed E-state index contributed by atoms with van der Waals surface area (Å²) in [5.74, 6) is 1.38. The van der Waals surface area contributed by atoms with Crippen molar-refractivity contribution < 1.29 is 13.2 Å². The lowest BCUT2D eigenvalue weighted by Crippen LogP contribution is -2.12. The van der Waals surface area contributed by atoms with Crippen molar-refractivity contribution in [2.75, 3.05) is 13.4 Å². The molecule has 0 bridgehead atoms. The molecule has 4 aromatic rings. The molecule has 0 radical (unpaired) electrons. The molecule has 1 heterocycles. The highest BCUT2D eigenvalue weighted by molar-refractivity contribution is 7.90. The van der Waals surface area contributed by atoms with E-state index in [2.05, 4.69) is 20.7 Å². The van der Waals surface area contributed by atoms with Crippen LogP contribution in [0.1, 0.15) is 16.7 Å². The van der Waals surface area contributed by atoms with Gasteiger partial charge in [0.1, 0.15) is 5.75 Å². The number of hydrogen-bond acceptors (Lipinski definition) is 7. The summed E-state index contributed by atoms with van der Waals surface area (Å²) in [6.45, 7) is 1.81. The number of methoxy groups -OCH3 is 1. The number of benzene rings is 3. The number of tetrazole rings is 1. The van der Waals surface area contributed by atoms with Crippen LogP contribution >= 0.6 is 0 Å². The third kappa shape index (κ3) is 6.03. The fourth-order valence-electron chi connectivity index (χ4n) is 3.35. The molecule has 0 aliphatic heterocycles. The average molecular weight is 464 g/mol. The quantitative estimate of drug-likeness (QED) is 0.407. The monoisotopic (exact) mass is 463 g/mol. The van der Waals surface area contributed by atoms with Crippen molar-refractivity contribution in [1.82, 2.24) is 25.5 Å². The van der Waals surface area contributed by atoms with Crippen molar-refractivity contribution in [1.29, 1.82) is 0 Å². The van der Waals surface area contributed by atoms with Gasteiger partial charge < -0.3 is 10.1 Å². The Bertz CT molecular complexity index is 1320. The molecule has 9 heteroatoms. The van der Waals surface area contributed by atoms with Gasteiger partial charge in [0.2, 0.25) is 5.82 Å². The Kier molecular flexibility index (Phi) is 6.81. The predicted molar refractivity (Wildman–Crippen MR) is 125 cm³/mol. The van der Waals surface area contributed by atoms with Crippen LogP contribution in [0.5, 0.6) is 5.75 Å². The van der Waals surface area contributed by atoms with Gasteiger partial charge in [-0.15, -0.1) is 10.2 Å². The zero-order chi connectivity index (χ0) is 23.3. The zero-order valence-corrected chi connectivity index (χ0v) is 19.3. The van der Waals surface area contributed by atoms with Crippen LogP contribution in [0.15, 0.2) is 77.7 Å². The van der Waals surface area contributed by atoms with Gasteiger partial charge in [0.25, 0.3) is 0 Å². The van der Waals surface area contributed by atoms with Gasteiger partial charge >= 0.3 is 0 Å². The summed E-state index contributed by atoms with van der Waals surface area (Å²) >= 11 is 0. The van der Waals surface area contributed by atoms with E-state index < -0.39 is 9.84 Å². The summed E-state index contributed by atoms with van der Waals surface area (Å²) in [6.07, 6.45) is 1.21. The Morgan fingerprint density at radius 3 is 2.30 bits per heavy atom. The van der Waals surface area contributed by atoms with E-state index >= 15 is 0 Å². The van der Waals surface area contributed by atoms with Gasteiger partial charge in [0.05, 0.1) is 18.6 Å². The highest BCUT2D eigenvalue weighted by atomic mass is 32.2. The van der Waals surface area contributed by atoms with E-state index in [9.17, 15) is 8.42 Å². The highest BCUT2D eigenvalue weighted by Gasteiger charge is 2.08. The van der Waals surface area contributed by atoms with E-state index in [4.69, 9.17) is 4.74 Å². The molecule has 0 atom stereocenters. The molecule has 0 unspecified atom stereocenters. The molecule has 8 nitrogen and oxygen atoms in total. The third-order valence-corrected chi connectivity index (χ3v) is 6.26. The minimum absolute atomic E-state index is 0.325. The maximum absolute atomic E-state index is 11.6. The van der Waals surface area contributed by atoms with Crippen molar-refractivity contribution in [3.8, 4) is 17.1 Å². The van der Waals surface area contributed by atoms with Gasteiger partial charge in [-0.25, -0.2) is 8.42 Å². The molecule has 170 valence electrons. The number of sulfone groups is 1. The van der Waals surface area contributed by atoms with Crippen LogP contribution in [-0.4, -0.2) is 42.0 Å². The minimum Gasteiger partial charge on any atom is -0.497 e. The predicted octanol–water partition coefficient (Wildman–Crippen LogP) is 3.09. The molecule has 0 saturated heterocycles. The fourth-order valence-corrected chi connectivity index (χ4v) is 3.98. The second-order valence-electron chi connectivity index (χ2n) is 7.71. The number of ether oxygens (including phenoxy) is 1. The van der Waals surface area contributed by atoms with Crippen molar-refractivity contribution in [3.05, 3.63) is 89.5 Å². The summed E-state index contributed by atoms with van der Waals surface area (Å²) in [6, 6.07) is 22.7. The molecule has 4 rings (SSSR count). The first-order valence-electron chi connectivity index (χ1n) is 10.4. The van der Waals surface area contributed by atoms with E-state index in [1.165, 1.54) is 6.26 Å². The van der Waals surface area contributed by atoms with Gasteiger partial charge in [-0.2, -0.15) is 4.80 Å². The summed E-state index contributed by atoms with van der Waals surface area (Å²) in [7, 11) is -1.54. The number of aromatic nitrogens is 4. The summed E-state index contributed by atoms with van der Waals surface area (Å²) in [5, 5.41) is 16.3. The third-order valence-electron chi connectivity index (χ3n) is 5.13. The lowest BCUT2D eigenvalue weighted by molar-refractivity contribution is 0.414. The molecule has 3 aromatic carbocycles. The molecule has 0 fully saturated rings. The molecule has 1 aromatic heterocycles. The topological polar surface area (TPSA) is 99.0 Å². The molecule has 33 heavy (non-hydrogen) atoms. The maximum atomic E-state index is 11.6. The van der Waals surface area contributed by atoms with Crippen molar-refractivity contribution in [2.45, 2.75) is 24.5 Å². The number of hydrogen-bond donors (Lipinski definition) is 1. The Morgan fingerprint density at radius 2 is 1.61 bits per heavy atom. The van der Waals surface area contributed by atoms with Crippen LogP contribution in [0, 0.1) is 0 Å². The largest absolute Gasteiger partial charge is 0.497 e. The van der Waals surface area contributed by atoms with E-state index in [0.717, 1.165) is 28.0 Å². The van der Waals surface area contributed by atoms with Crippen LogP contribution in [0.3, 0.4) is 0 Å². The minimum atomic E-state index is -3.18. The second-order valence-corrected chi connectivity index (χ2v) is 9.73. The van der Waals surface area contributed by atoms with Gasteiger partial charge in [-0.3, -0.25) is 0 Å². The van der Waals surface area contributed by atoms with Crippen LogP contribution in [-0.2, 0) is 29.5 Å². The molecule has 1 N–H and O–H groups in total. The summed E-state index contributed by atoms with van der Waals surface area (Å²) in [5.41, 5.74) is 4.06. The Labute approximate surface area is 193 Å². The molecular formula is C24H25N5O3S. The lowest BCUT2D eigenvalue weighted by atomic mass is 10.1. The normalized spacial score (nSPS) is 11.5. The van der Waals surface area contributed by atoms with E-state index in [0.29, 0.717) is 30.4 Å². The summed E-state index contributed by atoms with van der Waals surface area (Å²) in [4.78, 5) is 1.90. The summed E-state index contributed by atoms with van der Waals surface area (Å²) < 4.78 is 28.3. The zero-order valence-electron chi connectivity index (χ0n) is 18.5. The Balaban J connectivity index is 1.36. The first kappa shape index (κ1) is 22.6. The smallest absolute Gasteiger partial charge is 0.204 e. The Morgan fingerprint density at radius 1 is 0.909 bits per heavy atom. The van der Waals surface area contributed by atoms with Crippen LogP contribution in [0.4, 0.5) is 0 Å². The SMILES string of the molecule is COc1ccc(Cn2nnc(-c3cccc(CNCc4ccc(S(C)(=O)=O)cc4)c3)n2)cc1. The van der Waals surface area contributed by atoms with Gasteiger partial charge in [0, 0.05) is 24.9 Å². The number of rotatable bonds is 9. The van der Waals surface area contributed by atoms with Crippen molar-refractivity contribution in [3.63, 3.8) is 0 Å². The van der Waals surface area contributed by atoms with Crippen LogP contribution < -0.4 is 10.1 Å². The second kappa shape index (κ2) is 9.93. The lowest BCUT2D eigenvalue weighted by Gasteiger charge is -2.07. The molecule has 0 spiro atoms. The van der Waals surface area contributed by atoms with Crippen molar-refractivity contribution >= 4 is 9.84 Å². The van der Waals surface area contributed by atoms with Gasteiger partial charge in [-0.1, -0.05) is 42.5 Å². The first-order valence-corrected chi connectivity index (χ1v) is 12.3. The van der Waals surface area contributed by atoms with Gasteiger partial charge in [-0.05, 0) is 52.2 Å². The molecule has 0 saturated carbocycles. The molecule has 0 aliphatic rings. The molecule has 0 aliphatic carbocycles. The number of nitrogens with one attached hydrogen (secondary N) is 1. The van der Waals surface area contributed by atoms with Crippen LogP contribution in [0.2, 0.25) is 0 Å². The first-order chi connectivity index (χ1) is 15.9. The highest BCUT2D eigenvalue weighted by Crippen LogP contribution is 2.17. The molecular weight excluding hydrogens is 438 g/mol. The van der Waals surface area contributed by atoms with Crippen molar-refractivity contribution in [2.24, 2.45) is 0 Å².